The summed E-state index contributed by atoms with van der Waals surface area (Å²) in [5.74, 6) is 0. The van der Waals surface area contributed by atoms with E-state index < -0.39 is 0 Å². The highest BCUT2D eigenvalue weighted by Gasteiger charge is 2.01. The van der Waals surface area contributed by atoms with E-state index in [0.29, 0.717) is 6.54 Å². The Balaban J connectivity index is 1.43. The number of benzene rings is 2. The number of rotatable bonds is 18. The van der Waals surface area contributed by atoms with Gasteiger partial charge in [0.25, 0.3) is 0 Å². The van der Waals surface area contributed by atoms with Crippen LogP contribution in [0.25, 0.3) is 0 Å². The van der Waals surface area contributed by atoms with Crippen molar-refractivity contribution in [2.75, 3.05) is 11.9 Å². The fourth-order valence-corrected chi connectivity index (χ4v) is 3.92. The Morgan fingerprint density at radius 3 is 1.62 bits per heavy atom. The van der Waals surface area contributed by atoms with E-state index in [-0.39, 0.29) is 6.03 Å². The van der Waals surface area contributed by atoms with Gasteiger partial charge in [-0.25, -0.2) is 4.79 Å². The summed E-state index contributed by atoms with van der Waals surface area (Å²) in [4.78, 5) is 12.1. The maximum Gasteiger partial charge on any atom is 0.319 e. The van der Waals surface area contributed by atoms with Crippen molar-refractivity contribution in [3.05, 3.63) is 54.6 Å². The minimum atomic E-state index is -0.159. The molecule has 34 heavy (non-hydrogen) atoms. The number of nitrogens with zero attached hydrogens (tertiary/aromatic N) is 2. The minimum absolute atomic E-state index is 0.159. The van der Waals surface area contributed by atoms with Crippen molar-refractivity contribution < 1.29 is 4.79 Å². The van der Waals surface area contributed by atoms with E-state index in [0.717, 1.165) is 23.5 Å². The first-order valence-electron chi connectivity index (χ1n) is 13.4. The fraction of sp³-hybridized carbons (Fsp3) is 0.552. The quantitative estimate of drug-likeness (QED) is 0.167. The molecule has 0 aliphatic carbocycles. The van der Waals surface area contributed by atoms with Gasteiger partial charge in [-0.15, -0.1) is 0 Å². The maximum absolute atomic E-state index is 12.1. The number of amides is 2. The molecular formula is C29H44N4O. The third-order valence-electron chi connectivity index (χ3n) is 5.98. The Morgan fingerprint density at radius 2 is 1.09 bits per heavy atom. The fourth-order valence-electron chi connectivity index (χ4n) is 3.92. The number of carbonyl (C=O) groups excluding carboxylic acids is 1. The van der Waals surface area contributed by atoms with Crippen LogP contribution in [0.3, 0.4) is 0 Å². The van der Waals surface area contributed by atoms with Crippen LogP contribution in [0.5, 0.6) is 0 Å². The molecule has 2 N–H and O–H groups in total. The topological polar surface area (TPSA) is 65.8 Å². The standard InChI is InChI=1S/C29H44N4O/c1-2-3-4-5-6-7-8-9-10-11-12-13-14-18-25-30-29(34)31-26-21-23-28(24-22-26)33-32-27-19-16-15-17-20-27/h15-17,19-24H,2-14,18,25H2,1H3,(H2,30,31,34). The molecule has 0 spiro atoms. The van der Waals surface area contributed by atoms with Gasteiger partial charge < -0.3 is 10.6 Å². The lowest BCUT2D eigenvalue weighted by molar-refractivity contribution is 0.252. The molecule has 0 bridgehead atoms. The predicted molar refractivity (Wildman–Crippen MR) is 144 cm³/mol. The van der Waals surface area contributed by atoms with E-state index in [4.69, 9.17) is 0 Å². The molecule has 0 aromatic heterocycles. The molecule has 0 atom stereocenters. The molecule has 2 amide bonds. The molecular weight excluding hydrogens is 420 g/mol. The zero-order chi connectivity index (χ0) is 24.1. The van der Waals surface area contributed by atoms with Gasteiger partial charge in [0.1, 0.15) is 0 Å². The van der Waals surface area contributed by atoms with E-state index in [1.54, 1.807) is 0 Å². The van der Waals surface area contributed by atoms with Crippen LogP contribution in [0.2, 0.25) is 0 Å². The molecule has 0 heterocycles. The molecule has 0 aliphatic heterocycles. The van der Waals surface area contributed by atoms with Crippen LogP contribution in [0.15, 0.2) is 64.8 Å². The first-order valence-corrected chi connectivity index (χ1v) is 13.4. The molecule has 0 fully saturated rings. The lowest BCUT2D eigenvalue weighted by Gasteiger charge is -2.08. The number of nitrogens with one attached hydrogen (secondary N) is 2. The molecule has 0 saturated carbocycles. The Kier molecular flexibility index (Phi) is 15.2. The van der Waals surface area contributed by atoms with E-state index in [9.17, 15) is 4.79 Å². The van der Waals surface area contributed by atoms with Gasteiger partial charge in [-0.05, 0) is 42.8 Å². The Bertz CT molecular complexity index is 790. The number of urea groups is 1. The summed E-state index contributed by atoms with van der Waals surface area (Å²) in [5.41, 5.74) is 2.31. The summed E-state index contributed by atoms with van der Waals surface area (Å²) in [5, 5.41) is 14.2. The summed E-state index contributed by atoms with van der Waals surface area (Å²) in [6.45, 7) is 2.99. The number of hydrogen-bond donors (Lipinski definition) is 2. The number of hydrogen-bond acceptors (Lipinski definition) is 3. The van der Waals surface area contributed by atoms with Gasteiger partial charge in [0.2, 0.25) is 0 Å². The van der Waals surface area contributed by atoms with E-state index in [1.165, 1.54) is 83.5 Å². The number of unbranched alkanes of at least 4 members (excludes halogenated alkanes) is 13. The van der Waals surface area contributed by atoms with Crippen molar-refractivity contribution in [3.63, 3.8) is 0 Å². The van der Waals surface area contributed by atoms with Crippen LogP contribution in [0, 0.1) is 0 Å². The van der Waals surface area contributed by atoms with Crippen molar-refractivity contribution in [2.24, 2.45) is 10.2 Å². The summed E-state index contributed by atoms with van der Waals surface area (Å²) < 4.78 is 0. The second-order valence-corrected chi connectivity index (χ2v) is 9.06. The predicted octanol–water partition coefficient (Wildman–Crippen LogP) is 9.70. The van der Waals surface area contributed by atoms with Gasteiger partial charge in [0.15, 0.2) is 0 Å². The van der Waals surface area contributed by atoms with Crippen molar-refractivity contribution in [3.8, 4) is 0 Å². The van der Waals surface area contributed by atoms with Gasteiger partial charge in [-0.2, -0.15) is 10.2 Å². The lowest BCUT2D eigenvalue weighted by Crippen LogP contribution is -2.29. The van der Waals surface area contributed by atoms with Crippen molar-refractivity contribution in [1.29, 1.82) is 0 Å². The second kappa shape index (κ2) is 18.7. The summed E-state index contributed by atoms with van der Waals surface area (Å²) >= 11 is 0. The van der Waals surface area contributed by atoms with Crippen molar-refractivity contribution in [1.82, 2.24) is 5.32 Å². The van der Waals surface area contributed by atoms with Gasteiger partial charge in [-0.3, -0.25) is 0 Å². The van der Waals surface area contributed by atoms with E-state index >= 15 is 0 Å². The van der Waals surface area contributed by atoms with Crippen molar-refractivity contribution >= 4 is 23.1 Å². The normalized spacial score (nSPS) is 11.1. The summed E-state index contributed by atoms with van der Waals surface area (Å²) in [6, 6.07) is 16.8. The number of carbonyl (C=O) groups is 1. The van der Waals surface area contributed by atoms with E-state index in [1.807, 2.05) is 54.6 Å². The van der Waals surface area contributed by atoms with Crippen LogP contribution in [0.1, 0.15) is 96.8 Å². The second-order valence-electron chi connectivity index (χ2n) is 9.06. The third-order valence-corrected chi connectivity index (χ3v) is 5.98. The molecule has 2 aromatic carbocycles. The molecule has 0 saturated heterocycles. The van der Waals surface area contributed by atoms with Crippen LogP contribution >= 0.6 is 0 Å². The van der Waals surface area contributed by atoms with Crippen LogP contribution in [0.4, 0.5) is 21.9 Å². The largest absolute Gasteiger partial charge is 0.338 e. The molecule has 186 valence electrons. The summed E-state index contributed by atoms with van der Waals surface area (Å²) in [7, 11) is 0. The SMILES string of the molecule is CCCCCCCCCCCCCCCCNC(=O)Nc1ccc(N=Nc2ccccc2)cc1. The monoisotopic (exact) mass is 464 g/mol. The minimum Gasteiger partial charge on any atom is -0.338 e. The third kappa shape index (κ3) is 13.8. The lowest BCUT2D eigenvalue weighted by atomic mass is 10.0. The molecule has 5 heteroatoms. The zero-order valence-corrected chi connectivity index (χ0v) is 21.1. The summed E-state index contributed by atoms with van der Waals surface area (Å²) in [6.07, 6.45) is 18.7. The van der Waals surface area contributed by atoms with Crippen molar-refractivity contribution in [2.45, 2.75) is 96.8 Å². The number of anilines is 1. The Hall–Kier alpha value is -2.69. The smallest absolute Gasteiger partial charge is 0.319 e. The molecule has 2 rings (SSSR count). The maximum atomic E-state index is 12.1. The van der Waals surface area contributed by atoms with Gasteiger partial charge >= 0.3 is 6.03 Å². The first-order chi connectivity index (χ1) is 16.8. The molecule has 5 nitrogen and oxygen atoms in total. The zero-order valence-electron chi connectivity index (χ0n) is 21.1. The Morgan fingerprint density at radius 1 is 0.618 bits per heavy atom. The molecule has 2 aromatic rings. The van der Waals surface area contributed by atoms with E-state index in [2.05, 4.69) is 27.8 Å². The van der Waals surface area contributed by atoms with Gasteiger partial charge in [0.05, 0.1) is 11.4 Å². The number of azo groups is 1. The van der Waals surface area contributed by atoms with Crippen LogP contribution in [-0.4, -0.2) is 12.6 Å². The van der Waals surface area contributed by atoms with Crippen LogP contribution in [-0.2, 0) is 0 Å². The average Bonchev–Trinajstić information content (AvgIpc) is 2.86. The molecule has 0 radical (unpaired) electrons. The first kappa shape index (κ1) is 27.6. The average molecular weight is 465 g/mol. The molecule has 0 unspecified atom stereocenters. The highest BCUT2D eigenvalue weighted by Crippen LogP contribution is 2.20. The highest BCUT2D eigenvalue weighted by molar-refractivity contribution is 5.89. The highest BCUT2D eigenvalue weighted by atomic mass is 16.2. The van der Waals surface area contributed by atoms with Crippen LogP contribution < -0.4 is 10.6 Å². The van der Waals surface area contributed by atoms with Gasteiger partial charge in [0, 0.05) is 12.2 Å². The van der Waals surface area contributed by atoms with Gasteiger partial charge in [-0.1, -0.05) is 109 Å². The Labute approximate surface area is 206 Å². The molecule has 0 aliphatic rings.